The molecule has 2 heteroatoms. The molecule has 0 aromatic rings. The molecular weight excluding hydrogens is 296 g/mol. The molecule has 0 bridgehead atoms. The summed E-state index contributed by atoms with van der Waals surface area (Å²) >= 11 is 0. The first-order chi connectivity index (χ1) is 11.7. The van der Waals surface area contributed by atoms with Gasteiger partial charge in [0.05, 0.1) is 0 Å². The number of esters is 1. The molecule has 0 spiro atoms. The van der Waals surface area contributed by atoms with Crippen molar-refractivity contribution in [2.45, 2.75) is 103 Å². The monoisotopic (exact) mass is 334 g/mol. The van der Waals surface area contributed by atoms with Crippen molar-refractivity contribution in [1.82, 2.24) is 0 Å². The number of hydrogen-bond acceptors (Lipinski definition) is 2. The molecule has 0 aliphatic heterocycles. The molecule has 3 saturated carbocycles. The van der Waals surface area contributed by atoms with Crippen LogP contribution in [0.5, 0.6) is 0 Å². The fourth-order valence-electron chi connectivity index (χ4n) is 6.16. The summed E-state index contributed by atoms with van der Waals surface area (Å²) in [5, 5.41) is 0. The van der Waals surface area contributed by atoms with Crippen LogP contribution in [0.3, 0.4) is 0 Å². The summed E-state index contributed by atoms with van der Waals surface area (Å²) in [6, 6.07) is 0. The lowest BCUT2D eigenvalue weighted by molar-refractivity contribution is -0.153. The molecule has 0 N–H and O–H groups in total. The minimum absolute atomic E-state index is 0.0334. The van der Waals surface area contributed by atoms with Crippen LogP contribution in [0.1, 0.15) is 97.3 Å². The van der Waals surface area contributed by atoms with Gasteiger partial charge in [-0.05, 0) is 81.0 Å². The van der Waals surface area contributed by atoms with Gasteiger partial charge < -0.3 is 4.74 Å². The van der Waals surface area contributed by atoms with Gasteiger partial charge in [-0.3, -0.25) is 4.79 Å². The molecule has 0 aromatic heterocycles. The predicted octanol–water partition coefficient (Wildman–Crippen LogP) is 6.13. The van der Waals surface area contributed by atoms with E-state index in [9.17, 15) is 4.79 Å². The van der Waals surface area contributed by atoms with E-state index in [1.807, 2.05) is 0 Å². The Kier molecular flexibility index (Phi) is 6.63. The molecule has 3 aliphatic carbocycles. The second-order valence-corrected chi connectivity index (χ2v) is 8.92. The third-order valence-electron chi connectivity index (χ3n) is 7.32. The summed E-state index contributed by atoms with van der Waals surface area (Å²) in [5.74, 6) is 4.85. The number of rotatable bonds is 6. The predicted molar refractivity (Wildman–Crippen MR) is 98.7 cm³/mol. The minimum Gasteiger partial charge on any atom is -0.462 e. The Morgan fingerprint density at radius 3 is 2.29 bits per heavy atom. The van der Waals surface area contributed by atoms with Crippen molar-refractivity contribution >= 4 is 5.97 Å². The maximum absolute atomic E-state index is 11.8. The lowest BCUT2D eigenvalue weighted by Gasteiger charge is -2.50. The molecule has 4 unspecified atom stereocenters. The molecule has 138 valence electrons. The Balaban J connectivity index is 1.50. The fraction of sp³-hybridized carbons (Fsp3) is 0.955. The van der Waals surface area contributed by atoms with Crippen molar-refractivity contribution in [2.75, 3.05) is 0 Å². The van der Waals surface area contributed by atoms with Crippen LogP contribution in [0.25, 0.3) is 0 Å². The third-order valence-corrected chi connectivity index (χ3v) is 7.32. The Morgan fingerprint density at radius 1 is 0.875 bits per heavy atom. The quantitative estimate of drug-likeness (QED) is 0.546. The van der Waals surface area contributed by atoms with E-state index in [-0.39, 0.29) is 12.1 Å². The zero-order chi connectivity index (χ0) is 16.9. The fourth-order valence-corrected chi connectivity index (χ4v) is 6.16. The van der Waals surface area contributed by atoms with Crippen LogP contribution in [-0.4, -0.2) is 12.1 Å². The summed E-state index contributed by atoms with van der Waals surface area (Å²) in [6.07, 6.45) is 16.9. The van der Waals surface area contributed by atoms with Gasteiger partial charge in [-0.1, -0.05) is 39.5 Å². The van der Waals surface area contributed by atoms with Gasteiger partial charge in [0.2, 0.25) is 0 Å². The molecule has 0 saturated heterocycles. The highest BCUT2D eigenvalue weighted by atomic mass is 16.5. The smallest absolute Gasteiger partial charge is 0.306 e. The standard InChI is InChI=1S/C22H38O2/c1-3-5-7-16-8-12-20-17(14-16)9-10-18-15-19(11-13-21(18)20)24-22(23)6-4-2/h16-21H,3-15H2,1-2H3/t16-,17?,18?,19-,20?,21?/m1/s1. The molecule has 0 radical (unpaired) electrons. The summed E-state index contributed by atoms with van der Waals surface area (Å²) < 4.78 is 5.74. The van der Waals surface area contributed by atoms with Crippen LogP contribution in [0.15, 0.2) is 0 Å². The molecule has 3 rings (SSSR count). The Hall–Kier alpha value is -0.530. The van der Waals surface area contributed by atoms with E-state index in [1.54, 1.807) is 0 Å². The molecule has 0 aromatic carbocycles. The second kappa shape index (κ2) is 8.72. The lowest BCUT2D eigenvalue weighted by Crippen LogP contribution is -2.43. The summed E-state index contributed by atoms with van der Waals surface area (Å²) in [6.45, 7) is 4.37. The van der Waals surface area contributed by atoms with Gasteiger partial charge in [0.1, 0.15) is 6.10 Å². The number of hydrogen-bond donors (Lipinski definition) is 0. The van der Waals surface area contributed by atoms with Crippen LogP contribution in [-0.2, 0) is 9.53 Å². The highest BCUT2D eigenvalue weighted by Gasteiger charge is 2.44. The van der Waals surface area contributed by atoms with E-state index in [0.717, 1.165) is 48.9 Å². The van der Waals surface area contributed by atoms with Crippen molar-refractivity contribution in [3.05, 3.63) is 0 Å². The topological polar surface area (TPSA) is 26.3 Å². The molecule has 0 amide bonds. The van der Waals surface area contributed by atoms with E-state index >= 15 is 0 Å². The van der Waals surface area contributed by atoms with Crippen molar-refractivity contribution in [1.29, 1.82) is 0 Å². The largest absolute Gasteiger partial charge is 0.462 e. The van der Waals surface area contributed by atoms with Gasteiger partial charge in [-0.15, -0.1) is 0 Å². The number of fused-ring (bicyclic) bond motifs is 3. The lowest BCUT2D eigenvalue weighted by atomic mass is 9.56. The van der Waals surface area contributed by atoms with Gasteiger partial charge >= 0.3 is 5.97 Å². The normalized spacial score (nSPS) is 38.9. The van der Waals surface area contributed by atoms with Crippen LogP contribution < -0.4 is 0 Å². The van der Waals surface area contributed by atoms with E-state index in [1.165, 1.54) is 57.8 Å². The first kappa shape index (κ1) is 18.3. The van der Waals surface area contributed by atoms with Gasteiger partial charge in [0, 0.05) is 6.42 Å². The zero-order valence-corrected chi connectivity index (χ0v) is 16.0. The van der Waals surface area contributed by atoms with Gasteiger partial charge in [0.25, 0.3) is 0 Å². The van der Waals surface area contributed by atoms with Crippen LogP contribution in [0, 0.1) is 29.6 Å². The first-order valence-electron chi connectivity index (χ1n) is 10.9. The highest BCUT2D eigenvalue weighted by Crippen LogP contribution is 2.53. The van der Waals surface area contributed by atoms with Crippen molar-refractivity contribution < 1.29 is 9.53 Å². The molecule has 3 fully saturated rings. The Morgan fingerprint density at radius 2 is 1.58 bits per heavy atom. The Bertz CT molecular complexity index is 405. The number of ether oxygens (including phenoxy) is 1. The first-order valence-corrected chi connectivity index (χ1v) is 10.9. The minimum atomic E-state index is 0.0334. The maximum Gasteiger partial charge on any atom is 0.306 e. The van der Waals surface area contributed by atoms with Crippen LogP contribution in [0.2, 0.25) is 0 Å². The summed E-state index contributed by atoms with van der Waals surface area (Å²) in [5.41, 5.74) is 0. The van der Waals surface area contributed by atoms with Gasteiger partial charge in [-0.25, -0.2) is 0 Å². The summed E-state index contributed by atoms with van der Waals surface area (Å²) in [7, 11) is 0. The van der Waals surface area contributed by atoms with E-state index in [2.05, 4.69) is 13.8 Å². The molecular formula is C22H38O2. The SMILES string of the molecule is CCCC[C@@H]1CCC2C(CCC3C[C@H](OC(=O)CCC)CCC32)C1. The van der Waals surface area contributed by atoms with Crippen molar-refractivity contribution in [2.24, 2.45) is 29.6 Å². The van der Waals surface area contributed by atoms with Crippen molar-refractivity contribution in [3.63, 3.8) is 0 Å². The van der Waals surface area contributed by atoms with E-state index in [0.29, 0.717) is 6.42 Å². The number of carbonyl (C=O) groups excluding carboxylic acids is 1. The highest BCUT2D eigenvalue weighted by molar-refractivity contribution is 5.69. The van der Waals surface area contributed by atoms with Gasteiger partial charge in [-0.2, -0.15) is 0 Å². The zero-order valence-electron chi connectivity index (χ0n) is 16.0. The van der Waals surface area contributed by atoms with Crippen molar-refractivity contribution in [3.8, 4) is 0 Å². The average Bonchev–Trinajstić information content (AvgIpc) is 2.59. The number of carbonyl (C=O) groups is 1. The van der Waals surface area contributed by atoms with E-state index in [4.69, 9.17) is 4.74 Å². The van der Waals surface area contributed by atoms with Crippen LogP contribution in [0.4, 0.5) is 0 Å². The third kappa shape index (κ3) is 4.35. The second-order valence-electron chi connectivity index (χ2n) is 8.92. The van der Waals surface area contributed by atoms with E-state index < -0.39 is 0 Å². The summed E-state index contributed by atoms with van der Waals surface area (Å²) in [4.78, 5) is 11.8. The van der Waals surface area contributed by atoms with Gasteiger partial charge in [0.15, 0.2) is 0 Å². The molecule has 3 aliphatic rings. The Labute approximate surface area is 149 Å². The molecule has 24 heavy (non-hydrogen) atoms. The molecule has 6 atom stereocenters. The average molecular weight is 335 g/mol. The molecule has 2 nitrogen and oxygen atoms in total. The molecule has 0 heterocycles. The maximum atomic E-state index is 11.8. The number of unbranched alkanes of at least 4 members (excludes halogenated alkanes) is 1. The van der Waals surface area contributed by atoms with Crippen LogP contribution >= 0.6 is 0 Å².